The van der Waals surface area contributed by atoms with Crippen LogP contribution in [0, 0.1) is 5.92 Å². The van der Waals surface area contributed by atoms with Crippen LogP contribution in [0.2, 0.25) is 0 Å². The number of hydrogen-bond donors (Lipinski definition) is 1. The van der Waals surface area contributed by atoms with Crippen molar-refractivity contribution in [1.29, 1.82) is 0 Å². The van der Waals surface area contributed by atoms with Gasteiger partial charge in [0.15, 0.2) is 0 Å². The summed E-state index contributed by atoms with van der Waals surface area (Å²) in [5.41, 5.74) is 6.71. The third kappa shape index (κ3) is 4.91. The smallest absolute Gasteiger partial charge is 0.350 e. The average Bonchev–Trinajstić information content (AvgIpc) is 2.65. The van der Waals surface area contributed by atoms with Crippen LogP contribution < -0.4 is 5.73 Å². The molecule has 0 fully saturated rings. The Hall–Kier alpha value is -0.810. The fourth-order valence-electron chi connectivity index (χ4n) is 1.62. The van der Waals surface area contributed by atoms with Crippen LogP contribution in [0.5, 0.6) is 0 Å². The Bertz CT molecular complexity index is 282. The summed E-state index contributed by atoms with van der Waals surface area (Å²) in [5.74, 6) is 0.136. The molecule has 1 aliphatic rings. The maximum absolute atomic E-state index is 11.4. The van der Waals surface area contributed by atoms with E-state index >= 15 is 0 Å². The van der Waals surface area contributed by atoms with Crippen molar-refractivity contribution in [2.45, 2.75) is 45.8 Å². The highest BCUT2D eigenvalue weighted by Gasteiger charge is 2.31. The van der Waals surface area contributed by atoms with Gasteiger partial charge in [-0.1, -0.05) is 19.0 Å². The lowest BCUT2D eigenvalue weighted by molar-refractivity contribution is -0.154. The predicted octanol–water partition coefficient (Wildman–Crippen LogP) is 1.49. The molecule has 1 aliphatic heterocycles. The Kier molecular flexibility index (Phi) is 7.15. The summed E-state index contributed by atoms with van der Waals surface area (Å²) < 4.78 is 4.86. The second-order valence-corrected chi connectivity index (χ2v) is 4.37. The predicted molar refractivity (Wildman–Crippen MR) is 68.2 cm³/mol. The number of rotatable bonds is 5. The molecule has 1 rings (SSSR count). The topological polar surface area (TPSA) is 73.9 Å². The van der Waals surface area contributed by atoms with Gasteiger partial charge in [-0.3, -0.25) is 0 Å². The van der Waals surface area contributed by atoms with E-state index in [0.717, 1.165) is 12.1 Å². The minimum atomic E-state index is -0.604. The molecular weight excluding hydrogens is 244 g/mol. The molecule has 2 N–H and O–H groups in total. The van der Waals surface area contributed by atoms with Gasteiger partial charge in [-0.05, 0) is 19.3 Å². The van der Waals surface area contributed by atoms with E-state index in [1.54, 1.807) is 6.92 Å². The van der Waals surface area contributed by atoms with Crippen molar-refractivity contribution < 1.29 is 14.4 Å². The van der Waals surface area contributed by atoms with Gasteiger partial charge in [0.05, 0.1) is 12.3 Å². The lowest BCUT2D eigenvalue weighted by Gasteiger charge is -2.12. The summed E-state index contributed by atoms with van der Waals surface area (Å²) >= 11 is 0. The molecule has 0 aromatic rings. The summed E-state index contributed by atoms with van der Waals surface area (Å²) in [7, 11) is 0. The van der Waals surface area contributed by atoms with Crippen molar-refractivity contribution in [1.82, 2.24) is 0 Å². The summed E-state index contributed by atoms with van der Waals surface area (Å²) in [6.45, 7) is 6.31. The van der Waals surface area contributed by atoms with Crippen LogP contribution >= 0.6 is 12.4 Å². The number of nitrogens with zero attached hydrogens (tertiary/aromatic N) is 1. The van der Waals surface area contributed by atoms with Crippen LogP contribution in [0.4, 0.5) is 0 Å². The lowest BCUT2D eigenvalue weighted by Crippen LogP contribution is -2.33. The van der Waals surface area contributed by atoms with E-state index in [0.29, 0.717) is 18.9 Å². The van der Waals surface area contributed by atoms with Crippen LogP contribution in [0.3, 0.4) is 0 Å². The number of carbonyl (C=O) groups is 1. The van der Waals surface area contributed by atoms with Gasteiger partial charge >= 0.3 is 5.97 Å². The van der Waals surface area contributed by atoms with E-state index in [-0.39, 0.29) is 24.4 Å². The van der Waals surface area contributed by atoms with Gasteiger partial charge < -0.3 is 15.3 Å². The van der Waals surface area contributed by atoms with Crippen molar-refractivity contribution in [2.75, 3.05) is 6.61 Å². The summed E-state index contributed by atoms with van der Waals surface area (Å²) in [4.78, 5) is 16.4. The van der Waals surface area contributed by atoms with Gasteiger partial charge in [-0.2, -0.15) is 0 Å². The number of nitrogens with two attached hydrogens (primary N) is 1. The molecule has 0 saturated heterocycles. The van der Waals surface area contributed by atoms with Crippen LogP contribution in [-0.4, -0.2) is 30.4 Å². The van der Waals surface area contributed by atoms with Gasteiger partial charge in [-0.15, -0.1) is 12.4 Å². The summed E-state index contributed by atoms with van der Waals surface area (Å²) in [6, 6.07) is -0.126. The van der Waals surface area contributed by atoms with Gasteiger partial charge in [0.2, 0.25) is 6.10 Å². The zero-order valence-corrected chi connectivity index (χ0v) is 11.3. The van der Waals surface area contributed by atoms with Crippen molar-refractivity contribution >= 4 is 24.1 Å². The molecule has 2 atom stereocenters. The molecule has 6 heteroatoms. The highest BCUT2D eigenvalue weighted by Crippen LogP contribution is 2.16. The first-order chi connectivity index (χ1) is 7.54. The molecule has 0 aromatic carbocycles. The van der Waals surface area contributed by atoms with Crippen LogP contribution in [-0.2, 0) is 14.4 Å². The minimum absolute atomic E-state index is 0. The summed E-state index contributed by atoms with van der Waals surface area (Å²) in [6.07, 6.45) is 0.693. The second kappa shape index (κ2) is 7.50. The third-order valence-electron chi connectivity index (χ3n) is 2.39. The lowest BCUT2D eigenvalue weighted by atomic mass is 9.98. The number of esters is 1. The van der Waals surface area contributed by atoms with Gasteiger partial charge in [0.25, 0.3) is 0 Å². The SMILES string of the molecule is CCOC(=O)C1CC(C(N)CC(C)C)=NO1.Cl. The maximum atomic E-state index is 11.4. The Morgan fingerprint density at radius 1 is 1.65 bits per heavy atom. The van der Waals surface area contributed by atoms with Gasteiger partial charge in [0, 0.05) is 12.5 Å². The zero-order valence-electron chi connectivity index (χ0n) is 10.5. The first kappa shape index (κ1) is 16.2. The monoisotopic (exact) mass is 264 g/mol. The van der Waals surface area contributed by atoms with E-state index in [1.165, 1.54) is 0 Å². The van der Waals surface area contributed by atoms with E-state index in [9.17, 15) is 4.79 Å². The van der Waals surface area contributed by atoms with Crippen LogP contribution in [0.25, 0.3) is 0 Å². The molecule has 1 heterocycles. The molecule has 0 saturated carbocycles. The Morgan fingerprint density at radius 2 is 2.29 bits per heavy atom. The molecule has 0 amide bonds. The van der Waals surface area contributed by atoms with Gasteiger partial charge in [0.1, 0.15) is 0 Å². The number of hydrogen-bond acceptors (Lipinski definition) is 5. The molecule has 0 radical (unpaired) electrons. The molecule has 0 aliphatic carbocycles. The van der Waals surface area contributed by atoms with Crippen molar-refractivity contribution in [3.63, 3.8) is 0 Å². The van der Waals surface area contributed by atoms with Crippen molar-refractivity contribution in [3.05, 3.63) is 0 Å². The fraction of sp³-hybridized carbons (Fsp3) is 0.818. The average molecular weight is 265 g/mol. The largest absolute Gasteiger partial charge is 0.463 e. The molecule has 0 aromatic heterocycles. The number of ether oxygens (including phenoxy) is 1. The maximum Gasteiger partial charge on any atom is 0.350 e. The van der Waals surface area contributed by atoms with E-state index in [4.69, 9.17) is 15.3 Å². The molecule has 0 bridgehead atoms. The third-order valence-corrected chi connectivity index (χ3v) is 2.39. The van der Waals surface area contributed by atoms with Crippen molar-refractivity contribution in [3.8, 4) is 0 Å². The van der Waals surface area contributed by atoms with E-state index in [2.05, 4.69) is 19.0 Å². The minimum Gasteiger partial charge on any atom is -0.463 e. The standard InChI is InChI=1S/C11H20N2O3.ClH/c1-4-15-11(14)10-6-9(13-16-10)8(12)5-7(2)3;/h7-8,10H,4-6,12H2,1-3H3;1H. The first-order valence-corrected chi connectivity index (χ1v) is 5.69. The second-order valence-electron chi connectivity index (χ2n) is 4.37. The highest BCUT2D eigenvalue weighted by atomic mass is 35.5. The first-order valence-electron chi connectivity index (χ1n) is 5.69. The molecule has 5 nitrogen and oxygen atoms in total. The van der Waals surface area contributed by atoms with E-state index in [1.807, 2.05) is 0 Å². The summed E-state index contributed by atoms with van der Waals surface area (Å²) in [5, 5.41) is 3.86. The van der Waals surface area contributed by atoms with Gasteiger partial charge in [-0.25, -0.2) is 4.79 Å². The molecule has 100 valence electrons. The Balaban J connectivity index is 0.00000256. The van der Waals surface area contributed by atoms with Crippen LogP contribution in [0.1, 0.15) is 33.6 Å². The molecule has 0 spiro atoms. The molecular formula is C11H21ClN2O3. The molecule has 17 heavy (non-hydrogen) atoms. The number of carbonyl (C=O) groups excluding carboxylic acids is 1. The number of halogens is 1. The highest BCUT2D eigenvalue weighted by molar-refractivity contribution is 5.94. The van der Waals surface area contributed by atoms with E-state index < -0.39 is 6.10 Å². The Labute approximate surface area is 108 Å². The number of oxime groups is 1. The molecule has 2 unspecified atom stereocenters. The quantitative estimate of drug-likeness (QED) is 0.764. The van der Waals surface area contributed by atoms with Crippen molar-refractivity contribution in [2.24, 2.45) is 16.8 Å². The zero-order chi connectivity index (χ0) is 12.1. The van der Waals surface area contributed by atoms with Crippen LogP contribution in [0.15, 0.2) is 5.16 Å². The fourth-order valence-corrected chi connectivity index (χ4v) is 1.62. The normalized spacial score (nSPS) is 20.3. The Morgan fingerprint density at radius 3 is 2.82 bits per heavy atom.